The number of aromatic carboxylic acids is 1. The fourth-order valence-electron chi connectivity index (χ4n) is 2.55. The van der Waals surface area contributed by atoms with Crippen molar-refractivity contribution in [3.8, 4) is 0 Å². The van der Waals surface area contributed by atoms with Gasteiger partial charge in [0.1, 0.15) is 0 Å². The van der Waals surface area contributed by atoms with E-state index in [1.54, 1.807) is 18.2 Å². The number of aryl methyl sites for hydroxylation is 1. The molecule has 0 bridgehead atoms. The topological polar surface area (TPSA) is 102 Å². The Kier molecular flexibility index (Phi) is 6.09. The molecule has 1 fully saturated rings. The summed E-state index contributed by atoms with van der Waals surface area (Å²) in [7, 11) is 0. The first-order valence-corrected chi connectivity index (χ1v) is 7.66. The van der Waals surface area contributed by atoms with Gasteiger partial charge >= 0.3 is 5.97 Å². The van der Waals surface area contributed by atoms with Crippen LogP contribution in [-0.4, -0.2) is 65.8 Å². The molecule has 4 N–H and O–H groups in total. The van der Waals surface area contributed by atoms with Gasteiger partial charge in [-0.05, 0) is 30.2 Å². The number of aliphatic hydroxyl groups excluding tert-OH is 1. The van der Waals surface area contributed by atoms with Crippen LogP contribution in [0.4, 0.5) is 0 Å². The smallest absolute Gasteiger partial charge is 0.335 e. The van der Waals surface area contributed by atoms with Crippen molar-refractivity contribution in [2.45, 2.75) is 19.6 Å². The van der Waals surface area contributed by atoms with Gasteiger partial charge in [0.25, 0.3) is 0 Å². The second kappa shape index (κ2) is 8.05. The zero-order valence-corrected chi connectivity index (χ0v) is 13.2. The maximum Gasteiger partial charge on any atom is 0.335 e. The summed E-state index contributed by atoms with van der Waals surface area (Å²) in [5.41, 5.74) is 1.93. The molecule has 7 nitrogen and oxygen atoms in total. The van der Waals surface area contributed by atoms with Crippen molar-refractivity contribution < 1.29 is 19.8 Å². The largest absolute Gasteiger partial charge is 0.478 e. The van der Waals surface area contributed by atoms with Gasteiger partial charge in [-0.3, -0.25) is 9.69 Å². The Bertz CT molecular complexity index is 576. The summed E-state index contributed by atoms with van der Waals surface area (Å²) in [6, 6.07) is 4.87. The predicted molar refractivity (Wildman–Crippen MR) is 85.3 cm³/mol. The van der Waals surface area contributed by atoms with Gasteiger partial charge in [0.15, 0.2) is 0 Å². The van der Waals surface area contributed by atoms with Crippen molar-refractivity contribution in [3.05, 3.63) is 34.9 Å². The van der Waals surface area contributed by atoms with E-state index >= 15 is 0 Å². The molecular weight excluding hydrogens is 298 g/mol. The fourth-order valence-corrected chi connectivity index (χ4v) is 2.55. The SMILES string of the molecule is Cc1ccc(C(=O)O)cc1CNC(=O)CN1CCNCC(O)C1. The molecule has 126 valence electrons. The Balaban J connectivity index is 1.89. The van der Waals surface area contributed by atoms with Gasteiger partial charge in [-0.2, -0.15) is 0 Å². The lowest BCUT2D eigenvalue weighted by molar-refractivity contribution is -0.122. The van der Waals surface area contributed by atoms with Crippen LogP contribution >= 0.6 is 0 Å². The molecule has 0 radical (unpaired) electrons. The number of hydrogen-bond acceptors (Lipinski definition) is 5. The van der Waals surface area contributed by atoms with E-state index in [2.05, 4.69) is 10.6 Å². The van der Waals surface area contributed by atoms with E-state index in [0.29, 0.717) is 26.2 Å². The highest BCUT2D eigenvalue weighted by Gasteiger charge is 2.18. The molecule has 1 aliphatic heterocycles. The van der Waals surface area contributed by atoms with E-state index in [1.807, 2.05) is 11.8 Å². The minimum atomic E-state index is -0.983. The molecule has 1 aromatic rings. The summed E-state index contributed by atoms with van der Waals surface area (Å²) in [5, 5.41) is 24.6. The molecule has 1 aromatic carbocycles. The van der Waals surface area contributed by atoms with Crippen LogP contribution in [-0.2, 0) is 11.3 Å². The van der Waals surface area contributed by atoms with E-state index in [1.165, 1.54) is 0 Å². The average Bonchev–Trinajstić information content (AvgIpc) is 2.70. The van der Waals surface area contributed by atoms with Crippen LogP contribution in [0.25, 0.3) is 0 Å². The summed E-state index contributed by atoms with van der Waals surface area (Å²) >= 11 is 0. The van der Waals surface area contributed by atoms with E-state index < -0.39 is 12.1 Å². The van der Waals surface area contributed by atoms with Crippen molar-refractivity contribution in [1.29, 1.82) is 0 Å². The molecule has 1 heterocycles. The van der Waals surface area contributed by atoms with Gasteiger partial charge < -0.3 is 20.8 Å². The van der Waals surface area contributed by atoms with Crippen molar-refractivity contribution >= 4 is 11.9 Å². The summed E-state index contributed by atoms with van der Waals surface area (Å²) in [4.78, 5) is 25.0. The first-order valence-electron chi connectivity index (χ1n) is 7.66. The van der Waals surface area contributed by atoms with Gasteiger partial charge in [0.2, 0.25) is 5.91 Å². The lowest BCUT2D eigenvalue weighted by Gasteiger charge is -2.20. The third-order valence-electron chi connectivity index (χ3n) is 3.89. The Morgan fingerprint density at radius 3 is 2.96 bits per heavy atom. The van der Waals surface area contributed by atoms with Crippen molar-refractivity contribution in [2.75, 3.05) is 32.7 Å². The van der Waals surface area contributed by atoms with Crippen LogP contribution in [0.15, 0.2) is 18.2 Å². The lowest BCUT2D eigenvalue weighted by Crippen LogP contribution is -2.40. The number of rotatable bonds is 5. The van der Waals surface area contributed by atoms with Crippen LogP contribution < -0.4 is 10.6 Å². The number of carbonyl (C=O) groups excluding carboxylic acids is 1. The number of amides is 1. The molecule has 1 aliphatic rings. The predicted octanol–water partition coefficient (Wildman–Crippen LogP) is -0.424. The monoisotopic (exact) mass is 321 g/mol. The van der Waals surface area contributed by atoms with Gasteiger partial charge in [0, 0.05) is 32.7 Å². The summed E-state index contributed by atoms with van der Waals surface area (Å²) in [6.07, 6.45) is -0.472. The third kappa shape index (κ3) is 5.31. The number of aliphatic hydroxyl groups is 1. The lowest BCUT2D eigenvalue weighted by atomic mass is 10.0. The minimum Gasteiger partial charge on any atom is -0.478 e. The highest BCUT2D eigenvalue weighted by molar-refractivity contribution is 5.88. The molecule has 1 amide bonds. The Morgan fingerprint density at radius 1 is 1.43 bits per heavy atom. The van der Waals surface area contributed by atoms with Crippen molar-refractivity contribution in [3.63, 3.8) is 0 Å². The Morgan fingerprint density at radius 2 is 2.22 bits per heavy atom. The summed E-state index contributed by atoms with van der Waals surface area (Å²) in [6.45, 7) is 4.84. The fraction of sp³-hybridized carbons (Fsp3) is 0.500. The molecule has 1 atom stereocenters. The van der Waals surface area contributed by atoms with Crippen LogP contribution in [0, 0.1) is 6.92 Å². The van der Waals surface area contributed by atoms with E-state index in [9.17, 15) is 14.7 Å². The molecule has 2 rings (SSSR count). The second-order valence-electron chi connectivity index (χ2n) is 5.82. The highest BCUT2D eigenvalue weighted by Crippen LogP contribution is 2.11. The minimum absolute atomic E-state index is 0.140. The molecule has 1 saturated heterocycles. The van der Waals surface area contributed by atoms with Gasteiger partial charge in [-0.15, -0.1) is 0 Å². The zero-order chi connectivity index (χ0) is 16.8. The van der Waals surface area contributed by atoms with E-state index in [4.69, 9.17) is 5.11 Å². The molecular formula is C16H23N3O4. The van der Waals surface area contributed by atoms with Gasteiger partial charge in [-0.25, -0.2) is 4.79 Å². The standard InChI is InChI=1S/C16H23N3O4/c1-11-2-3-12(16(22)23)6-13(11)7-18-15(21)10-19-5-4-17-8-14(20)9-19/h2-3,6,14,17,20H,4-5,7-10H2,1H3,(H,18,21)(H,22,23). The van der Waals surface area contributed by atoms with Crippen molar-refractivity contribution in [2.24, 2.45) is 0 Å². The third-order valence-corrected chi connectivity index (χ3v) is 3.89. The normalized spacial score (nSPS) is 19.1. The first-order chi connectivity index (χ1) is 11.0. The number of β-amino-alcohol motifs (C(OH)–C–C–N with tert-alkyl or cyclic N) is 1. The number of benzene rings is 1. The van der Waals surface area contributed by atoms with Crippen LogP contribution in [0.1, 0.15) is 21.5 Å². The van der Waals surface area contributed by atoms with Gasteiger partial charge in [-0.1, -0.05) is 6.07 Å². The molecule has 1 unspecified atom stereocenters. The van der Waals surface area contributed by atoms with Crippen LogP contribution in [0.2, 0.25) is 0 Å². The zero-order valence-electron chi connectivity index (χ0n) is 13.2. The number of carboxylic acid groups (broad SMARTS) is 1. The maximum atomic E-state index is 12.1. The molecule has 0 spiro atoms. The van der Waals surface area contributed by atoms with E-state index in [-0.39, 0.29) is 18.0 Å². The molecule has 0 saturated carbocycles. The van der Waals surface area contributed by atoms with Crippen LogP contribution in [0.3, 0.4) is 0 Å². The summed E-state index contributed by atoms with van der Waals surface area (Å²) in [5.74, 6) is -1.12. The first kappa shape index (κ1) is 17.4. The van der Waals surface area contributed by atoms with Gasteiger partial charge in [0.05, 0.1) is 18.2 Å². The van der Waals surface area contributed by atoms with E-state index in [0.717, 1.165) is 17.7 Å². The summed E-state index contributed by atoms with van der Waals surface area (Å²) < 4.78 is 0. The molecule has 23 heavy (non-hydrogen) atoms. The number of nitrogens with zero attached hydrogens (tertiary/aromatic N) is 1. The maximum absolute atomic E-state index is 12.1. The average molecular weight is 321 g/mol. The number of nitrogens with one attached hydrogen (secondary N) is 2. The Labute approximate surface area is 135 Å². The second-order valence-corrected chi connectivity index (χ2v) is 5.82. The number of carbonyl (C=O) groups is 2. The quantitative estimate of drug-likeness (QED) is 0.587. The molecule has 7 heteroatoms. The number of carboxylic acids is 1. The molecule has 0 aromatic heterocycles. The highest BCUT2D eigenvalue weighted by atomic mass is 16.4. The van der Waals surface area contributed by atoms with Crippen molar-refractivity contribution in [1.82, 2.24) is 15.5 Å². The van der Waals surface area contributed by atoms with Crippen LogP contribution in [0.5, 0.6) is 0 Å². The Hall–Kier alpha value is -1.96. The molecule has 0 aliphatic carbocycles. The number of hydrogen-bond donors (Lipinski definition) is 4.